The number of ketones is 1. The summed E-state index contributed by atoms with van der Waals surface area (Å²) in [6.07, 6.45) is 0.692. The summed E-state index contributed by atoms with van der Waals surface area (Å²) >= 11 is 0. The molecule has 0 aliphatic carbocycles. The van der Waals surface area contributed by atoms with Crippen LogP contribution in [-0.4, -0.2) is 67.2 Å². The van der Waals surface area contributed by atoms with Crippen molar-refractivity contribution in [2.24, 2.45) is 0 Å². The van der Waals surface area contributed by atoms with Gasteiger partial charge in [0.1, 0.15) is 24.6 Å². The lowest BCUT2D eigenvalue weighted by Crippen LogP contribution is -3.14. The van der Waals surface area contributed by atoms with Crippen molar-refractivity contribution in [2.75, 3.05) is 39.4 Å². The van der Waals surface area contributed by atoms with Gasteiger partial charge in [-0.3, -0.25) is 9.59 Å². The smallest absolute Gasteiger partial charge is 0.295 e. The second-order valence-corrected chi connectivity index (χ2v) is 9.22. The highest BCUT2D eigenvalue weighted by Gasteiger charge is 2.44. The number of benzene rings is 2. The fourth-order valence-electron chi connectivity index (χ4n) is 4.63. The summed E-state index contributed by atoms with van der Waals surface area (Å²) in [5, 5.41) is 23.3. The quantitative estimate of drug-likeness (QED) is 0.328. The van der Waals surface area contributed by atoms with Crippen LogP contribution in [0.15, 0.2) is 54.1 Å². The Balaban J connectivity index is 1.64. The Labute approximate surface area is 205 Å². The van der Waals surface area contributed by atoms with E-state index in [0.717, 1.165) is 32.8 Å². The molecule has 1 unspecified atom stereocenters. The van der Waals surface area contributed by atoms with Gasteiger partial charge in [-0.05, 0) is 49.2 Å². The van der Waals surface area contributed by atoms with Gasteiger partial charge in [0.05, 0.1) is 31.9 Å². The third-order valence-corrected chi connectivity index (χ3v) is 6.36. The molecule has 2 saturated heterocycles. The average Bonchev–Trinajstić information content (AvgIpc) is 3.10. The molecule has 0 radical (unpaired) electrons. The van der Waals surface area contributed by atoms with Crippen molar-refractivity contribution in [3.8, 4) is 11.5 Å². The molecule has 4 rings (SSSR count). The van der Waals surface area contributed by atoms with Crippen LogP contribution in [0, 0.1) is 0 Å². The number of carbonyl (C=O) groups excluding carboxylic acids is 2. The van der Waals surface area contributed by atoms with Gasteiger partial charge in [0.2, 0.25) is 5.78 Å². The number of Topliss-reactive ketones (excluding diaryl/α,β-unsaturated/α-hetero) is 1. The zero-order valence-corrected chi connectivity index (χ0v) is 20.2. The number of phenolic OH excluding ortho intramolecular Hbond substituents is 1. The average molecular weight is 481 g/mol. The summed E-state index contributed by atoms with van der Waals surface area (Å²) in [5.41, 5.74) is 0.876. The third kappa shape index (κ3) is 5.66. The molecule has 2 N–H and O–H groups in total. The molecule has 2 aliphatic rings. The molecule has 186 valence electrons. The Hall–Kier alpha value is -3.36. The summed E-state index contributed by atoms with van der Waals surface area (Å²) in [4.78, 5) is 29.1. The first kappa shape index (κ1) is 24.8. The molecule has 2 fully saturated rings. The highest BCUT2D eigenvalue weighted by atomic mass is 16.5. The fourth-order valence-corrected chi connectivity index (χ4v) is 4.63. The van der Waals surface area contributed by atoms with Crippen LogP contribution in [-0.2, 0) is 14.3 Å². The first-order chi connectivity index (χ1) is 16.8. The van der Waals surface area contributed by atoms with Crippen LogP contribution in [0.5, 0.6) is 11.5 Å². The minimum absolute atomic E-state index is 0.00769. The van der Waals surface area contributed by atoms with E-state index in [9.17, 15) is 19.8 Å². The monoisotopic (exact) mass is 480 g/mol. The Bertz CT molecular complexity index is 1070. The minimum Gasteiger partial charge on any atom is -0.872 e. The number of phenols is 1. The van der Waals surface area contributed by atoms with Crippen molar-refractivity contribution in [3.05, 3.63) is 65.2 Å². The molecule has 35 heavy (non-hydrogen) atoms. The number of quaternary nitrogens is 1. The zero-order chi connectivity index (χ0) is 24.9. The molecule has 0 bridgehead atoms. The summed E-state index contributed by atoms with van der Waals surface area (Å²) in [7, 11) is 0. The molecule has 8 nitrogen and oxygen atoms in total. The maximum Gasteiger partial charge on any atom is 0.295 e. The number of rotatable bonds is 8. The Morgan fingerprint density at radius 2 is 1.77 bits per heavy atom. The van der Waals surface area contributed by atoms with Gasteiger partial charge in [-0.1, -0.05) is 30.0 Å². The maximum atomic E-state index is 13.5. The maximum absolute atomic E-state index is 13.5. The van der Waals surface area contributed by atoms with Gasteiger partial charge in [0.25, 0.3) is 5.91 Å². The van der Waals surface area contributed by atoms with Crippen molar-refractivity contribution in [1.29, 1.82) is 0 Å². The van der Waals surface area contributed by atoms with Gasteiger partial charge < -0.3 is 29.5 Å². The van der Waals surface area contributed by atoms with Crippen molar-refractivity contribution >= 4 is 17.4 Å². The minimum atomic E-state index is -0.797. The molecule has 2 heterocycles. The molecular weight excluding hydrogens is 448 g/mol. The zero-order valence-electron chi connectivity index (χ0n) is 20.2. The van der Waals surface area contributed by atoms with Crippen molar-refractivity contribution in [1.82, 2.24) is 4.90 Å². The number of nitrogens with one attached hydrogen (secondary N) is 1. The van der Waals surface area contributed by atoms with E-state index in [0.29, 0.717) is 29.8 Å². The number of aromatic hydroxyl groups is 1. The predicted octanol–water partition coefficient (Wildman–Crippen LogP) is 0.709. The van der Waals surface area contributed by atoms with Crippen LogP contribution >= 0.6 is 0 Å². The third-order valence-electron chi connectivity index (χ3n) is 6.36. The van der Waals surface area contributed by atoms with E-state index in [1.54, 1.807) is 36.4 Å². The molecule has 0 saturated carbocycles. The first-order valence-electron chi connectivity index (χ1n) is 12.1. The molecule has 8 heteroatoms. The van der Waals surface area contributed by atoms with Gasteiger partial charge in [0.15, 0.2) is 0 Å². The van der Waals surface area contributed by atoms with Gasteiger partial charge in [-0.15, -0.1) is 0 Å². The number of likely N-dealkylation sites (tertiary alicyclic amines) is 1. The van der Waals surface area contributed by atoms with E-state index in [1.807, 2.05) is 13.8 Å². The van der Waals surface area contributed by atoms with Gasteiger partial charge in [0, 0.05) is 18.5 Å². The van der Waals surface area contributed by atoms with Gasteiger partial charge in [-0.25, -0.2) is 0 Å². The lowest BCUT2D eigenvalue weighted by atomic mass is 9.95. The van der Waals surface area contributed by atoms with Crippen molar-refractivity contribution in [2.45, 2.75) is 32.4 Å². The van der Waals surface area contributed by atoms with Crippen molar-refractivity contribution in [3.63, 3.8) is 0 Å². The molecule has 2 aromatic carbocycles. The fraction of sp³-hybridized carbons (Fsp3) is 0.407. The van der Waals surface area contributed by atoms with E-state index in [2.05, 4.69) is 0 Å². The van der Waals surface area contributed by atoms with E-state index in [1.165, 1.54) is 21.9 Å². The molecule has 2 aliphatic heterocycles. The lowest BCUT2D eigenvalue weighted by Gasteiger charge is -2.29. The summed E-state index contributed by atoms with van der Waals surface area (Å²) in [6, 6.07) is 12.1. The largest absolute Gasteiger partial charge is 0.872 e. The second-order valence-electron chi connectivity index (χ2n) is 9.22. The van der Waals surface area contributed by atoms with Crippen LogP contribution in [0.4, 0.5) is 0 Å². The lowest BCUT2D eigenvalue weighted by molar-refractivity contribution is -0.908. The van der Waals surface area contributed by atoms with Crippen LogP contribution in [0.1, 0.15) is 37.4 Å². The Kier molecular flexibility index (Phi) is 7.73. The van der Waals surface area contributed by atoms with Gasteiger partial charge >= 0.3 is 0 Å². The second kappa shape index (κ2) is 10.9. The highest BCUT2D eigenvalue weighted by molar-refractivity contribution is 6.46. The van der Waals surface area contributed by atoms with Crippen LogP contribution in [0.25, 0.3) is 5.76 Å². The predicted molar refractivity (Wildman–Crippen MR) is 128 cm³/mol. The van der Waals surface area contributed by atoms with E-state index in [-0.39, 0.29) is 17.4 Å². The number of hydrogen-bond donors (Lipinski definition) is 2. The van der Waals surface area contributed by atoms with E-state index >= 15 is 0 Å². The molecule has 0 aromatic heterocycles. The number of nitrogens with zero attached hydrogens (tertiary/aromatic N) is 1. The number of carbonyl (C=O) groups is 2. The van der Waals surface area contributed by atoms with E-state index in [4.69, 9.17) is 9.47 Å². The molecule has 0 spiro atoms. The number of hydrogen-bond acceptors (Lipinski definition) is 6. The molecule has 1 atom stereocenters. The molecular formula is C27H32N2O6. The number of ether oxygens (including phenoxy) is 2. The van der Waals surface area contributed by atoms with E-state index < -0.39 is 23.5 Å². The summed E-state index contributed by atoms with van der Waals surface area (Å²) in [6.45, 7) is 8.31. The number of amides is 1. The van der Waals surface area contributed by atoms with Crippen molar-refractivity contribution < 1.29 is 34.2 Å². The molecule has 1 amide bonds. The van der Waals surface area contributed by atoms with Crippen LogP contribution in [0.2, 0.25) is 0 Å². The highest BCUT2D eigenvalue weighted by Crippen LogP contribution is 2.39. The normalized spacial score (nSPS) is 20.5. The van der Waals surface area contributed by atoms with Gasteiger partial charge in [-0.2, -0.15) is 0 Å². The number of morpholine rings is 1. The summed E-state index contributed by atoms with van der Waals surface area (Å²) in [5.74, 6) is -1.21. The Morgan fingerprint density at radius 1 is 1.11 bits per heavy atom. The molecule has 2 aromatic rings. The topological polar surface area (TPSA) is 104 Å². The van der Waals surface area contributed by atoms with Crippen LogP contribution in [0.3, 0.4) is 0 Å². The van der Waals surface area contributed by atoms with Crippen LogP contribution < -0.4 is 14.7 Å². The SMILES string of the molecule is CC(C)Oc1ccc(C([O-])=C2C(=O)C(=O)N(CCC[NH+]3CCOCC3)C2c2ccc(O)cc2)cc1. The standard InChI is InChI=1S/C27H32N2O6/c1-18(2)35-22-10-6-20(7-11-22)25(31)23-24(19-4-8-21(30)9-5-19)29(27(33)26(23)32)13-3-12-28-14-16-34-17-15-28/h4-11,18,24,30-31H,3,12-17H2,1-2H3. The summed E-state index contributed by atoms with van der Waals surface area (Å²) < 4.78 is 11.0. The Morgan fingerprint density at radius 3 is 2.40 bits per heavy atom. The first-order valence-corrected chi connectivity index (χ1v) is 12.1.